The molecular formula is C15H28O5. The molecule has 0 aromatic rings. The Labute approximate surface area is 121 Å². The SMILES string of the molecule is CCCCCCCCCC(=O)OC1(C(O)CO)CCO1. The van der Waals surface area contributed by atoms with Crippen molar-refractivity contribution in [3.8, 4) is 0 Å². The molecular weight excluding hydrogens is 260 g/mol. The summed E-state index contributed by atoms with van der Waals surface area (Å²) in [6, 6.07) is 0. The van der Waals surface area contributed by atoms with Crippen LogP contribution in [0.1, 0.15) is 64.7 Å². The molecule has 1 aliphatic heterocycles. The van der Waals surface area contributed by atoms with E-state index in [2.05, 4.69) is 6.92 Å². The second-order valence-corrected chi connectivity index (χ2v) is 5.45. The monoisotopic (exact) mass is 288 g/mol. The summed E-state index contributed by atoms with van der Waals surface area (Å²) in [7, 11) is 0. The van der Waals surface area contributed by atoms with Crippen LogP contribution in [0, 0.1) is 0 Å². The Morgan fingerprint density at radius 2 is 1.85 bits per heavy atom. The average Bonchev–Trinajstić information content (AvgIpc) is 2.41. The first-order valence-corrected chi connectivity index (χ1v) is 7.79. The van der Waals surface area contributed by atoms with E-state index in [4.69, 9.17) is 14.6 Å². The van der Waals surface area contributed by atoms with Gasteiger partial charge in [0.2, 0.25) is 5.79 Å². The zero-order valence-electron chi connectivity index (χ0n) is 12.5. The molecule has 5 nitrogen and oxygen atoms in total. The van der Waals surface area contributed by atoms with Gasteiger partial charge in [0.15, 0.2) is 0 Å². The number of carbonyl (C=O) groups is 1. The van der Waals surface area contributed by atoms with Crippen molar-refractivity contribution in [2.45, 2.75) is 76.6 Å². The lowest BCUT2D eigenvalue weighted by molar-refractivity contribution is -0.333. The maximum atomic E-state index is 11.7. The highest BCUT2D eigenvalue weighted by molar-refractivity contribution is 5.69. The molecule has 0 aromatic heterocycles. The van der Waals surface area contributed by atoms with Gasteiger partial charge in [-0.05, 0) is 6.42 Å². The van der Waals surface area contributed by atoms with Crippen LogP contribution in [0.4, 0.5) is 0 Å². The zero-order valence-corrected chi connectivity index (χ0v) is 12.5. The molecule has 20 heavy (non-hydrogen) atoms. The summed E-state index contributed by atoms with van der Waals surface area (Å²) in [5.41, 5.74) is 0. The maximum absolute atomic E-state index is 11.7. The van der Waals surface area contributed by atoms with Gasteiger partial charge < -0.3 is 19.7 Å². The Balaban J connectivity index is 2.10. The molecule has 0 saturated carbocycles. The molecule has 0 amide bonds. The standard InChI is InChI=1S/C15H28O5/c1-2-3-4-5-6-7-8-9-14(18)20-15(10-11-19-15)13(17)12-16/h13,16-17H,2-12H2,1H3. The summed E-state index contributed by atoms with van der Waals surface area (Å²) >= 11 is 0. The number of carbonyl (C=O) groups excluding carboxylic acids is 1. The van der Waals surface area contributed by atoms with Gasteiger partial charge in [0.1, 0.15) is 6.10 Å². The molecule has 2 atom stereocenters. The third-order valence-corrected chi connectivity index (χ3v) is 3.75. The Morgan fingerprint density at radius 3 is 2.35 bits per heavy atom. The van der Waals surface area contributed by atoms with Gasteiger partial charge in [0.05, 0.1) is 13.2 Å². The summed E-state index contributed by atoms with van der Waals surface area (Å²) in [6.07, 6.45) is 7.60. The van der Waals surface area contributed by atoms with Gasteiger partial charge in [0, 0.05) is 12.8 Å². The molecule has 1 saturated heterocycles. The Morgan fingerprint density at radius 1 is 1.25 bits per heavy atom. The molecule has 0 radical (unpaired) electrons. The lowest BCUT2D eigenvalue weighted by atomic mass is 10.0. The molecule has 2 unspecified atom stereocenters. The van der Waals surface area contributed by atoms with Crippen molar-refractivity contribution in [2.75, 3.05) is 13.2 Å². The predicted octanol–water partition coefficient (Wildman–Crippen LogP) is 2.14. The minimum atomic E-state index is -1.30. The fourth-order valence-corrected chi connectivity index (χ4v) is 2.32. The fourth-order valence-electron chi connectivity index (χ4n) is 2.32. The van der Waals surface area contributed by atoms with E-state index >= 15 is 0 Å². The number of unbranched alkanes of at least 4 members (excludes halogenated alkanes) is 6. The van der Waals surface area contributed by atoms with Crippen LogP contribution in [-0.4, -0.2) is 41.3 Å². The zero-order chi connectivity index (χ0) is 14.8. The largest absolute Gasteiger partial charge is 0.430 e. The van der Waals surface area contributed by atoms with Gasteiger partial charge in [-0.1, -0.05) is 45.4 Å². The van der Waals surface area contributed by atoms with Gasteiger partial charge >= 0.3 is 5.97 Å². The molecule has 1 rings (SSSR count). The highest BCUT2D eigenvalue weighted by Gasteiger charge is 2.48. The fraction of sp³-hybridized carbons (Fsp3) is 0.933. The molecule has 2 N–H and O–H groups in total. The van der Waals surface area contributed by atoms with Gasteiger partial charge in [-0.15, -0.1) is 0 Å². The first-order chi connectivity index (χ1) is 9.64. The summed E-state index contributed by atoms with van der Waals surface area (Å²) < 4.78 is 10.4. The maximum Gasteiger partial charge on any atom is 0.308 e. The molecule has 0 spiro atoms. The molecule has 1 heterocycles. The summed E-state index contributed by atoms with van der Waals surface area (Å²) in [6.45, 7) is 2.17. The molecule has 0 aliphatic carbocycles. The smallest absolute Gasteiger partial charge is 0.308 e. The molecule has 1 fully saturated rings. The molecule has 0 aromatic carbocycles. The number of aliphatic hydroxyl groups is 2. The number of hydrogen-bond acceptors (Lipinski definition) is 5. The van der Waals surface area contributed by atoms with Crippen LogP contribution >= 0.6 is 0 Å². The molecule has 0 bridgehead atoms. The lowest BCUT2D eigenvalue weighted by Crippen LogP contribution is -2.57. The number of hydrogen-bond donors (Lipinski definition) is 2. The van der Waals surface area contributed by atoms with E-state index in [-0.39, 0.29) is 5.97 Å². The average molecular weight is 288 g/mol. The number of aliphatic hydroxyl groups excluding tert-OH is 2. The van der Waals surface area contributed by atoms with Crippen LogP contribution in [0.25, 0.3) is 0 Å². The van der Waals surface area contributed by atoms with E-state index in [1.54, 1.807) is 0 Å². The highest BCUT2D eigenvalue weighted by Crippen LogP contribution is 2.32. The van der Waals surface area contributed by atoms with E-state index in [9.17, 15) is 9.90 Å². The van der Waals surface area contributed by atoms with Gasteiger partial charge in [-0.3, -0.25) is 4.79 Å². The summed E-state index contributed by atoms with van der Waals surface area (Å²) in [5.74, 6) is -1.65. The number of ether oxygens (including phenoxy) is 2. The van der Waals surface area contributed by atoms with Crippen molar-refractivity contribution >= 4 is 5.97 Å². The quantitative estimate of drug-likeness (QED) is 0.450. The van der Waals surface area contributed by atoms with Crippen molar-refractivity contribution in [3.05, 3.63) is 0 Å². The first kappa shape index (κ1) is 17.4. The van der Waals surface area contributed by atoms with Crippen LogP contribution in [0.3, 0.4) is 0 Å². The van der Waals surface area contributed by atoms with Crippen LogP contribution in [-0.2, 0) is 14.3 Å². The van der Waals surface area contributed by atoms with Gasteiger partial charge in [-0.2, -0.15) is 0 Å². The van der Waals surface area contributed by atoms with E-state index < -0.39 is 18.5 Å². The second-order valence-electron chi connectivity index (χ2n) is 5.45. The molecule has 1 aliphatic rings. The summed E-state index contributed by atoms with van der Waals surface area (Å²) in [5, 5.41) is 18.6. The minimum absolute atomic E-state index is 0.344. The first-order valence-electron chi connectivity index (χ1n) is 7.79. The van der Waals surface area contributed by atoms with Crippen LogP contribution in [0.15, 0.2) is 0 Å². The lowest BCUT2D eigenvalue weighted by Gasteiger charge is -2.43. The van der Waals surface area contributed by atoms with E-state index in [1.807, 2.05) is 0 Å². The second kappa shape index (κ2) is 9.32. The van der Waals surface area contributed by atoms with Crippen LogP contribution in [0.2, 0.25) is 0 Å². The van der Waals surface area contributed by atoms with Crippen LogP contribution < -0.4 is 0 Å². The number of rotatable bonds is 11. The van der Waals surface area contributed by atoms with Gasteiger partial charge in [-0.25, -0.2) is 0 Å². The normalized spacial score (nSPS) is 23.1. The Bertz CT molecular complexity index is 275. The van der Waals surface area contributed by atoms with E-state index in [1.165, 1.54) is 25.7 Å². The van der Waals surface area contributed by atoms with E-state index in [0.717, 1.165) is 19.3 Å². The molecule has 118 valence electrons. The minimum Gasteiger partial charge on any atom is -0.430 e. The van der Waals surface area contributed by atoms with Crippen molar-refractivity contribution in [1.82, 2.24) is 0 Å². The highest BCUT2D eigenvalue weighted by atomic mass is 16.7. The Kier molecular flexibility index (Phi) is 8.11. The number of esters is 1. The van der Waals surface area contributed by atoms with Crippen molar-refractivity contribution in [3.63, 3.8) is 0 Å². The Hall–Kier alpha value is -0.650. The van der Waals surface area contributed by atoms with Gasteiger partial charge in [0.25, 0.3) is 0 Å². The third kappa shape index (κ3) is 5.38. The van der Waals surface area contributed by atoms with Crippen molar-refractivity contribution < 1.29 is 24.5 Å². The predicted molar refractivity (Wildman–Crippen MR) is 75.1 cm³/mol. The van der Waals surface area contributed by atoms with Crippen molar-refractivity contribution in [2.24, 2.45) is 0 Å². The summed E-state index contributed by atoms with van der Waals surface area (Å²) in [4.78, 5) is 11.7. The third-order valence-electron chi connectivity index (χ3n) is 3.75. The van der Waals surface area contributed by atoms with Crippen molar-refractivity contribution in [1.29, 1.82) is 0 Å². The topological polar surface area (TPSA) is 76.0 Å². The van der Waals surface area contributed by atoms with E-state index in [0.29, 0.717) is 19.4 Å². The van der Waals surface area contributed by atoms with Crippen LogP contribution in [0.5, 0.6) is 0 Å². The molecule has 5 heteroatoms.